The van der Waals surface area contributed by atoms with Gasteiger partial charge in [-0.1, -0.05) is 48.0 Å². The highest BCUT2D eigenvalue weighted by molar-refractivity contribution is 7.98. The first-order valence-corrected chi connectivity index (χ1v) is 14.3. The molecule has 0 aliphatic rings. The fourth-order valence-electron chi connectivity index (χ4n) is 3.61. The predicted molar refractivity (Wildman–Crippen MR) is 150 cm³/mol. The second kappa shape index (κ2) is 12.0. The molecule has 0 aliphatic heterocycles. The molecule has 0 spiro atoms. The van der Waals surface area contributed by atoms with Crippen LogP contribution in [0.3, 0.4) is 0 Å². The molecule has 0 saturated carbocycles. The minimum Gasteiger partial charge on any atom is -0.489 e. The maximum atomic E-state index is 13.6. The molecule has 0 fully saturated rings. The Morgan fingerprint density at radius 2 is 1.51 bits per heavy atom. The monoisotopic (exact) mass is 532 g/mol. The zero-order valence-electron chi connectivity index (χ0n) is 20.6. The van der Waals surface area contributed by atoms with Gasteiger partial charge in [-0.3, -0.25) is 9.10 Å². The largest absolute Gasteiger partial charge is 0.489 e. The van der Waals surface area contributed by atoms with Crippen molar-refractivity contribution in [2.24, 2.45) is 0 Å². The molecule has 4 aromatic carbocycles. The van der Waals surface area contributed by atoms with Gasteiger partial charge in [-0.05, 0) is 79.4 Å². The van der Waals surface area contributed by atoms with Gasteiger partial charge in [0.2, 0.25) is 5.91 Å². The van der Waals surface area contributed by atoms with Crippen LogP contribution in [0.15, 0.2) is 113 Å². The van der Waals surface area contributed by atoms with E-state index in [1.165, 1.54) is 11.8 Å². The predicted octanol–water partition coefficient (Wildman–Crippen LogP) is 6.13. The Morgan fingerprint density at radius 3 is 2.14 bits per heavy atom. The Bertz CT molecular complexity index is 1420. The van der Waals surface area contributed by atoms with Crippen LogP contribution in [0.1, 0.15) is 11.1 Å². The molecule has 4 rings (SSSR count). The molecule has 8 heteroatoms. The lowest BCUT2D eigenvalue weighted by Gasteiger charge is -2.24. The number of carbonyl (C=O) groups excluding carboxylic acids is 1. The Hall–Kier alpha value is -3.75. The third-order valence-electron chi connectivity index (χ3n) is 5.64. The average Bonchev–Trinajstić information content (AvgIpc) is 2.92. The maximum Gasteiger partial charge on any atom is 0.264 e. The number of benzene rings is 4. The standard InChI is InChI=1S/C29H28N2O4S2/c1-22-8-12-25(13-9-22)31(37(33,34)28-18-16-27(36-2)17-19-28)20-29(32)30-24-10-14-26(15-11-24)35-21-23-6-4-3-5-7-23/h3-19H,20-21H2,1-2H3,(H,30,32). The second-order valence-corrected chi connectivity index (χ2v) is 11.1. The van der Waals surface area contributed by atoms with Gasteiger partial charge in [0.05, 0.1) is 10.6 Å². The molecule has 0 bridgehead atoms. The molecule has 0 heterocycles. The van der Waals surface area contributed by atoms with E-state index in [9.17, 15) is 13.2 Å². The van der Waals surface area contributed by atoms with E-state index in [1.54, 1.807) is 60.7 Å². The number of hydrogen-bond acceptors (Lipinski definition) is 5. The van der Waals surface area contributed by atoms with Gasteiger partial charge in [0, 0.05) is 10.6 Å². The number of anilines is 2. The van der Waals surface area contributed by atoms with Crippen molar-refractivity contribution in [2.75, 3.05) is 22.4 Å². The molecule has 4 aromatic rings. The van der Waals surface area contributed by atoms with Gasteiger partial charge in [-0.25, -0.2) is 8.42 Å². The van der Waals surface area contributed by atoms with Crippen molar-refractivity contribution >= 4 is 39.1 Å². The number of carbonyl (C=O) groups is 1. The molecule has 0 unspecified atom stereocenters. The first-order valence-electron chi connectivity index (χ1n) is 11.7. The van der Waals surface area contributed by atoms with Gasteiger partial charge in [0.15, 0.2) is 0 Å². The lowest BCUT2D eigenvalue weighted by molar-refractivity contribution is -0.114. The normalized spacial score (nSPS) is 11.1. The van der Waals surface area contributed by atoms with Crippen LogP contribution in [0.5, 0.6) is 5.75 Å². The van der Waals surface area contributed by atoms with Crippen LogP contribution >= 0.6 is 11.8 Å². The van der Waals surface area contributed by atoms with Gasteiger partial charge in [-0.15, -0.1) is 11.8 Å². The van der Waals surface area contributed by atoms with Crippen LogP contribution in [0, 0.1) is 6.92 Å². The zero-order valence-corrected chi connectivity index (χ0v) is 22.3. The minimum absolute atomic E-state index is 0.124. The lowest BCUT2D eigenvalue weighted by atomic mass is 10.2. The molecule has 0 aliphatic carbocycles. The second-order valence-electron chi connectivity index (χ2n) is 8.37. The summed E-state index contributed by atoms with van der Waals surface area (Å²) in [5, 5.41) is 2.79. The summed E-state index contributed by atoms with van der Waals surface area (Å²) < 4.78 is 34.0. The van der Waals surface area contributed by atoms with E-state index >= 15 is 0 Å². The molecule has 0 radical (unpaired) electrons. The first-order chi connectivity index (χ1) is 17.8. The number of hydrogen-bond donors (Lipinski definition) is 1. The van der Waals surface area contributed by atoms with Gasteiger partial charge < -0.3 is 10.1 Å². The lowest BCUT2D eigenvalue weighted by Crippen LogP contribution is -2.38. The SMILES string of the molecule is CSc1ccc(S(=O)(=O)N(CC(=O)Nc2ccc(OCc3ccccc3)cc2)c2ccc(C)cc2)cc1. The molecular weight excluding hydrogens is 504 g/mol. The van der Waals surface area contributed by atoms with Crippen molar-refractivity contribution < 1.29 is 17.9 Å². The summed E-state index contributed by atoms with van der Waals surface area (Å²) in [7, 11) is -3.98. The van der Waals surface area contributed by atoms with Crippen LogP contribution < -0.4 is 14.4 Å². The van der Waals surface area contributed by atoms with E-state index in [-0.39, 0.29) is 11.4 Å². The Balaban J connectivity index is 1.48. The van der Waals surface area contributed by atoms with Crippen molar-refractivity contribution in [1.29, 1.82) is 0 Å². The summed E-state index contributed by atoms with van der Waals surface area (Å²) in [6.07, 6.45) is 1.92. The van der Waals surface area contributed by atoms with Crippen LogP contribution in [0.2, 0.25) is 0 Å². The zero-order chi connectivity index (χ0) is 26.3. The van der Waals surface area contributed by atoms with Crippen molar-refractivity contribution in [1.82, 2.24) is 0 Å². The summed E-state index contributed by atoms with van der Waals surface area (Å²) >= 11 is 1.53. The molecule has 1 amide bonds. The maximum absolute atomic E-state index is 13.6. The highest BCUT2D eigenvalue weighted by Crippen LogP contribution is 2.26. The van der Waals surface area contributed by atoms with Crippen molar-refractivity contribution in [3.05, 3.63) is 114 Å². The number of ether oxygens (including phenoxy) is 1. The highest BCUT2D eigenvalue weighted by atomic mass is 32.2. The number of rotatable bonds is 10. The molecule has 1 N–H and O–H groups in total. The quantitative estimate of drug-likeness (QED) is 0.249. The number of amides is 1. The molecule has 0 atom stereocenters. The van der Waals surface area contributed by atoms with Gasteiger partial charge in [0.1, 0.15) is 18.9 Å². The Kier molecular flexibility index (Phi) is 8.53. The summed E-state index contributed by atoms with van der Waals surface area (Å²) in [6, 6.07) is 30.5. The number of aryl methyl sites for hydroxylation is 1. The number of sulfonamides is 1. The minimum atomic E-state index is -3.98. The third kappa shape index (κ3) is 6.93. The van der Waals surface area contributed by atoms with Gasteiger partial charge in [-0.2, -0.15) is 0 Å². The fraction of sp³-hybridized carbons (Fsp3) is 0.138. The molecule has 0 saturated heterocycles. The number of nitrogens with zero attached hydrogens (tertiary/aromatic N) is 1. The molecule has 0 aromatic heterocycles. The van der Waals surface area contributed by atoms with Crippen LogP contribution in [0.25, 0.3) is 0 Å². The third-order valence-corrected chi connectivity index (χ3v) is 8.17. The van der Waals surface area contributed by atoms with Crippen LogP contribution in [-0.4, -0.2) is 27.1 Å². The van der Waals surface area contributed by atoms with Gasteiger partial charge >= 0.3 is 0 Å². The van der Waals surface area contributed by atoms with E-state index in [0.717, 1.165) is 20.3 Å². The Morgan fingerprint density at radius 1 is 0.865 bits per heavy atom. The van der Waals surface area contributed by atoms with Gasteiger partial charge in [0.25, 0.3) is 10.0 Å². The van der Waals surface area contributed by atoms with Crippen LogP contribution in [0.4, 0.5) is 11.4 Å². The molecular formula is C29H28N2O4S2. The summed E-state index contributed by atoms with van der Waals surface area (Å²) in [5.74, 6) is 0.210. The number of thioether (sulfide) groups is 1. The van der Waals surface area contributed by atoms with Crippen molar-refractivity contribution in [2.45, 2.75) is 23.3 Å². The van der Waals surface area contributed by atoms with E-state index < -0.39 is 15.9 Å². The molecule has 37 heavy (non-hydrogen) atoms. The van der Waals surface area contributed by atoms with E-state index in [4.69, 9.17) is 4.74 Å². The van der Waals surface area contributed by atoms with Crippen molar-refractivity contribution in [3.8, 4) is 5.75 Å². The fourth-order valence-corrected chi connectivity index (χ4v) is 5.44. The van der Waals surface area contributed by atoms with Crippen LogP contribution in [-0.2, 0) is 21.4 Å². The molecule has 190 valence electrons. The first kappa shape index (κ1) is 26.3. The van der Waals surface area contributed by atoms with E-state index in [0.29, 0.717) is 23.7 Å². The average molecular weight is 533 g/mol. The Labute approximate surface area is 222 Å². The summed E-state index contributed by atoms with van der Waals surface area (Å²) in [5.41, 5.74) is 3.01. The molecule has 6 nitrogen and oxygen atoms in total. The van der Waals surface area contributed by atoms with Crippen molar-refractivity contribution in [3.63, 3.8) is 0 Å². The summed E-state index contributed by atoms with van der Waals surface area (Å²) in [4.78, 5) is 14.1. The number of nitrogens with one attached hydrogen (secondary N) is 1. The highest BCUT2D eigenvalue weighted by Gasteiger charge is 2.27. The van der Waals surface area contributed by atoms with E-state index in [1.807, 2.05) is 55.6 Å². The van der Waals surface area contributed by atoms with E-state index in [2.05, 4.69) is 5.32 Å². The smallest absolute Gasteiger partial charge is 0.264 e. The summed E-state index contributed by atoms with van der Waals surface area (Å²) in [6.45, 7) is 1.99. The topological polar surface area (TPSA) is 75.7 Å².